The van der Waals surface area contributed by atoms with Crippen LogP contribution in [-0.2, 0) is 0 Å². The SMILES string of the molecule is Cc1cc(C(=O)COc2cccc(F)c2)c(C)n1C(C)C. The first-order chi connectivity index (χ1) is 9.90. The van der Waals surface area contributed by atoms with E-state index >= 15 is 0 Å². The Labute approximate surface area is 124 Å². The molecule has 1 aromatic heterocycles. The number of aromatic nitrogens is 1. The fraction of sp³-hybridized carbons (Fsp3) is 0.353. The van der Waals surface area contributed by atoms with Gasteiger partial charge < -0.3 is 9.30 Å². The van der Waals surface area contributed by atoms with Gasteiger partial charge in [-0.05, 0) is 45.9 Å². The maximum absolute atomic E-state index is 13.1. The van der Waals surface area contributed by atoms with Crippen molar-refractivity contribution in [2.75, 3.05) is 6.61 Å². The summed E-state index contributed by atoms with van der Waals surface area (Å²) in [6, 6.07) is 7.98. The van der Waals surface area contributed by atoms with Crippen LogP contribution >= 0.6 is 0 Å². The first kappa shape index (κ1) is 15.3. The Hall–Kier alpha value is -2.10. The molecule has 0 saturated carbocycles. The number of rotatable bonds is 5. The van der Waals surface area contributed by atoms with E-state index in [1.807, 2.05) is 19.9 Å². The van der Waals surface area contributed by atoms with E-state index in [1.54, 1.807) is 12.1 Å². The lowest BCUT2D eigenvalue weighted by atomic mass is 10.1. The highest BCUT2D eigenvalue weighted by Gasteiger charge is 2.17. The molecule has 0 bridgehead atoms. The first-order valence-electron chi connectivity index (χ1n) is 7.00. The number of aryl methyl sites for hydroxylation is 1. The summed E-state index contributed by atoms with van der Waals surface area (Å²) in [5.74, 6) is -0.113. The van der Waals surface area contributed by atoms with Gasteiger partial charge in [0.1, 0.15) is 11.6 Å². The van der Waals surface area contributed by atoms with Crippen LogP contribution in [0.1, 0.15) is 41.6 Å². The van der Waals surface area contributed by atoms with Crippen LogP contribution < -0.4 is 4.74 Å². The van der Waals surface area contributed by atoms with E-state index < -0.39 is 0 Å². The molecule has 0 radical (unpaired) electrons. The van der Waals surface area contributed by atoms with Gasteiger partial charge in [0.25, 0.3) is 0 Å². The van der Waals surface area contributed by atoms with Crippen molar-refractivity contribution < 1.29 is 13.9 Å². The third-order valence-electron chi connectivity index (χ3n) is 3.47. The van der Waals surface area contributed by atoms with Crippen molar-refractivity contribution in [1.82, 2.24) is 4.57 Å². The number of ketones is 1. The molecule has 0 spiro atoms. The summed E-state index contributed by atoms with van der Waals surface area (Å²) in [6.45, 7) is 7.99. The molecule has 0 aliphatic rings. The van der Waals surface area contributed by atoms with Crippen LogP contribution in [0.3, 0.4) is 0 Å². The molecule has 1 heterocycles. The van der Waals surface area contributed by atoms with Crippen LogP contribution in [-0.4, -0.2) is 17.0 Å². The van der Waals surface area contributed by atoms with Crippen LogP contribution in [0.4, 0.5) is 4.39 Å². The highest BCUT2D eigenvalue weighted by atomic mass is 19.1. The fourth-order valence-electron chi connectivity index (χ4n) is 2.64. The third kappa shape index (κ3) is 3.32. The fourth-order valence-corrected chi connectivity index (χ4v) is 2.64. The Morgan fingerprint density at radius 2 is 2.00 bits per heavy atom. The van der Waals surface area contributed by atoms with E-state index in [0.717, 1.165) is 11.4 Å². The molecule has 0 unspecified atom stereocenters. The summed E-state index contributed by atoms with van der Waals surface area (Å²) in [7, 11) is 0. The molecular formula is C17H20FNO2. The number of carbonyl (C=O) groups excluding carboxylic acids is 1. The van der Waals surface area contributed by atoms with Crippen molar-refractivity contribution in [3.05, 3.63) is 53.1 Å². The van der Waals surface area contributed by atoms with Gasteiger partial charge in [0, 0.05) is 29.1 Å². The quantitative estimate of drug-likeness (QED) is 0.776. The molecular weight excluding hydrogens is 269 g/mol. The highest BCUT2D eigenvalue weighted by Crippen LogP contribution is 2.21. The molecule has 1 aromatic carbocycles. The summed E-state index contributed by atoms with van der Waals surface area (Å²) < 4.78 is 20.5. The molecule has 0 amide bonds. The number of ether oxygens (including phenoxy) is 1. The number of hydrogen-bond donors (Lipinski definition) is 0. The molecule has 0 saturated heterocycles. The van der Waals surface area contributed by atoms with Crippen molar-refractivity contribution in [2.45, 2.75) is 33.7 Å². The van der Waals surface area contributed by atoms with Crippen LogP contribution in [0, 0.1) is 19.7 Å². The van der Waals surface area contributed by atoms with Gasteiger partial charge in [0.15, 0.2) is 6.61 Å². The van der Waals surface area contributed by atoms with Crippen LogP contribution in [0.5, 0.6) is 5.75 Å². The number of halogens is 1. The van der Waals surface area contributed by atoms with Crippen LogP contribution in [0.2, 0.25) is 0 Å². The molecule has 2 aromatic rings. The minimum Gasteiger partial charge on any atom is -0.485 e. The average Bonchev–Trinajstić information content (AvgIpc) is 2.71. The maximum atomic E-state index is 13.1. The number of nitrogens with zero attached hydrogens (tertiary/aromatic N) is 1. The zero-order valence-electron chi connectivity index (χ0n) is 12.8. The number of hydrogen-bond acceptors (Lipinski definition) is 2. The van der Waals surface area contributed by atoms with Gasteiger partial charge >= 0.3 is 0 Å². The predicted octanol–water partition coefficient (Wildman–Crippen LogP) is 4.09. The molecule has 0 aliphatic carbocycles. The second-order valence-corrected chi connectivity index (χ2v) is 5.42. The van der Waals surface area contributed by atoms with E-state index in [4.69, 9.17) is 4.74 Å². The lowest BCUT2D eigenvalue weighted by Crippen LogP contribution is -2.13. The molecule has 2 rings (SSSR count). The molecule has 21 heavy (non-hydrogen) atoms. The molecule has 3 nitrogen and oxygen atoms in total. The van der Waals surface area contributed by atoms with Crippen molar-refractivity contribution in [2.24, 2.45) is 0 Å². The lowest BCUT2D eigenvalue weighted by Gasteiger charge is -2.13. The predicted molar refractivity (Wildman–Crippen MR) is 80.5 cm³/mol. The lowest BCUT2D eigenvalue weighted by molar-refractivity contribution is 0.0920. The van der Waals surface area contributed by atoms with Crippen LogP contribution in [0.15, 0.2) is 30.3 Å². The first-order valence-corrected chi connectivity index (χ1v) is 7.00. The largest absolute Gasteiger partial charge is 0.485 e. The van der Waals surface area contributed by atoms with Gasteiger partial charge in [0.2, 0.25) is 5.78 Å². The van der Waals surface area contributed by atoms with Crippen molar-refractivity contribution in [3.63, 3.8) is 0 Å². The monoisotopic (exact) mass is 289 g/mol. The van der Waals surface area contributed by atoms with Gasteiger partial charge in [-0.2, -0.15) is 0 Å². The van der Waals surface area contributed by atoms with Gasteiger partial charge in [-0.3, -0.25) is 4.79 Å². The number of carbonyl (C=O) groups is 1. The van der Waals surface area contributed by atoms with Crippen molar-refractivity contribution >= 4 is 5.78 Å². The summed E-state index contributed by atoms with van der Waals surface area (Å²) >= 11 is 0. The summed E-state index contributed by atoms with van der Waals surface area (Å²) in [4.78, 5) is 12.3. The van der Waals surface area contributed by atoms with E-state index in [-0.39, 0.29) is 18.2 Å². The Bertz CT molecular complexity index is 659. The Morgan fingerprint density at radius 3 is 2.57 bits per heavy atom. The number of Topliss-reactive ketones (excluding diaryl/α,β-unsaturated/α-hetero) is 1. The van der Waals surface area contributed by atoms with E-state index in [1.165, 1.54) is 12.1 Å². The normalized spacial score (nSPS) is 11.0. The minimum absolute atomic E-state index is 0.0914. The summed E-state index contributed by atoms with van der Waals surface area (Å²) in [6.07, 6.45) is 0. The van der Waals surface area contributed by atoms with Crippen molar-refractivity contribution in [3.8, 4) is 5.75 Å². The molecule has 0 atom stereocenters. The number of benzene rings is 1. The van der Waals surface area contributed by atoms with Crippen LogP contribution in [0.25, 0.3) is 0 Å². The third-order valence-corrected chi connectivity index (χ3v) is 3.47. The molecule has 0 fully saturated rings. The second-order valence-electron chi connectivity index (χ2n) is 5.42. The Morgan fingerprint density at radius 1 is 1.29 bits per heavy atom. The molecule has 0 N–H and O–H groups in total. The molecule has 0 aliphatic heterocycles. The minimum atomic E-state index is -0.377. The van der Waals surface area contributed by atoms with Gasteiger partial charge in [-0.1, -0.05) is 6.07 Å². The highest BCUT2D eigenvalue weighted by molar-refractivity contribution is 5.98. The van der Waals surface area contributed by atoms with E-state index in [2.05, 4.69) is 18.4 Å². The topological polar surface area (TPSA) is 31.2 Å². The van der Waals surface area contributed by atoms with Gasteiger partial charge in [0.05, 0.1) is 0 Å². The summed E-state index contributed by atoms with van der Waals surface area (Å²) in [5.41, 5.74) is 2.66. The van der Waals surface area contributed by atoms with E-state index in [0.29, 0.717) is 17.4 Å². The van der Waals surface area contributed by atoms with E-state index in [9.17, 15) is 9.18 Å². The molecule has 112 valence electrons. The standard InChI is InChI=1S/C17H20FNO2/c1-11(2)19-12(3)8-16(13(19)4)17(20)10-21-15-7-5-6-14(18)9-15/h5-9,11H,10H2,1-4H3. The molecule has 4 heteroatoms. The zero-order valence-corrected chi connectivity index (χ0v) is 12.8. The van der Waals surface area contributed by atoms with Crippen molar-refractivity contribution in [1.29, 1.82) is 0 Å². The summed E-state index contributed by atoms with van der Waals surface area (Å²) in [5, 5.41) is 0. The van der Waals surface area contributed by atoms with Gasteiger partial charge in [-0.15, -0.1) is 0 Å². The smallest absolute Gasteiger partial charge is 0.202 e. The Balaban J connectivity index is 2.12. The zero-order chi connectivity index (χ0) is 15.6. The Kier molecular flexibility index (Phi) is 4.46. The average molecular weight is 289 g/mol. The second kappa shape index (κ2) is 6.12. The van der Waals surface area contributed by atoms with Gasteiger partial charge in [-0.25, -0.2) is 4.39 Å². The maximum Gasteiger partial charge on any atom is 0.202 e.